The summed E-state index contributed by atoms with van der Waals surface area (Å²) in [5.41, 5.74) is 13.5. The molecule has 0 radical (unpaired) electrons. The highest BCUT2D eigenvalue weighted by molar-refractivity contribution is 6.12. The highest BCUT2D eigenvalue weighted by atomic mass is 16.6. The quantitative estimate of drug-likeness (QED) is 0.0552. The molecule has 1 heterocycles. The largest absolute Gasteiger partial charge is 0.445 e. The smallest absolute Gasteiger partial charge is 0.410 e. The SMILES string of the molecule is CC(C)[C@H](NC(=O)CCCCCN1C(=O)C=CC1=O)C(=O)N(c1ccc(COC(=O)N(C)CC(C)(C)CN(C)C(=O)OC(C)(C)c2ccc(-c3ccccc3)cc2)cc1)[C@@H](CCCNC(N)=O)C(N)=O. The van der Waals surface area contributed by atoms with Crippen molar-refractivity contribution < 1.29 is 47.8 Å². The van der Waals surface area contributed by atoms with Crippen molar-refractivity contribution in [1.29, 1.82) is 0 Å². The van der Waals surface area contributed by atoms with Gasteiger partial charge in [-0.1, -0.05) is 101 Å². The van der Waals surface area contributed by atoms with Crippen LogP contribution in [0.5, 0.6) is 0 Å². The lowest BCUT2D eigenvalue weighted by Crippen LogP contribution is -2.57. The first-order valence-electron chi connectivity index (χ1n) is 23.5. The maximum atomic E-state index is 14.5. The average Bonchev–Trinajstić information content (AvgIpc) is 3.63. The maximum absolute atomic E-state index is 14.5. The van der Waals surface area contributed by atoms with Gasteiger partial charge in [0, 0.05) is 69.9 Å². The van der Waals surface area contributed by atoms with E-state index in [2.05, 4.69) is 10.6 Å². The normalized spacial score (nSPS) is 13.4. The van der Waals surface area contributed by atoms with Gasteiger partial charge in [0.2, 0.25) is 11.8 Å². The first-order valence-corrected chi connectivity index (χ1v) is 23.5. The lowest BCUT2D eigenvalue weighted by molar-refractivity contribution is -0.137. The number of ether oxygens (including phenoxy) is 2. The second-order valence-electron chi connectivity index (χ2n) is 19.2. The molecule has 0 bridgehead atoms. The topological polar surface area (TPSA) is 244 Å². The summed E-state index contributed by atoms with van der Waals surface area (Å²) in [6.45, 7) is 11.8. The van der Waals surface area contributed by atoms with Gasteiger partial charge >= 0.3 is 18.2 Å². The number of carbonyl (C=O) groups is 8. The Balaban J connectivity index is 1.36. The molecule has 0 saturated heterocycles. The molecule has 1 aliphatic rings. The van der Waals surface area contributed by atoms with Gasteiger partial charge in [-0.3, -0.25) is 33.8 Å². The molecule has 0 spiro atoms. The van der Waals surface area contributed by atoms with Crippen molar-refractivity contribution in [3.05, 3.63) is 102 Å². The first-order chi connectivity index (χ1) is 33.0. The third-order valence-electron chi connectivity index (χ3n) is 11.8. The summed E-state index contributed by atoms with van der Waals surface area (Å²) in [5.74, 6) is -2.96. The predicted molar refractivity (Wildman–Crippen MR) is 265 cm³/mol. The number of carbonyl (C=O) groups excluding carboxylic acids is 8. The molecule has 0 aliphatic carbocycles. The van der Waals surface area contributed by atoms with E-state index in [1.165, 1.54) is 26.9 Å². The molecule has 0 aromatic heterocycles. The summed E-state index contributed by atoms with van der Waals surface area (Å²) >= 11 is 0. The van der Waals surface area contributed by atoms with E-state index in [1.807, 2.05) is 82.3 Å². The summed E-state index contributed by atoms with van der Waals surface area (Å²) in [7, 11) is 3.25. The summed E-state index contributed by atoms with van der Waals surface area (Å²) in [6.07, 6.45) is 3.18. The lowest BCUT2D eigenvalue weighted by atomic mass is 9.92. The van der Waals surface area contributed by atoms with E-state index in [-0.39, 0.29) is 69.6 Å². The molecule has 2 atom stereocenters. The van der Waals surface area contributed by atoms with Gasteiger partial charge in [-0.15, -0.1) is 0 Å². The Kier molecular flexibility index (Phi) is 20.1. The minimum absolute atomic E-state index is 0.0542. The van der Waals surface area contributed by atoms with E-state index in [0.717, 1.165) is 21.6 Å². The highest BCUT2D eigenvalue weighted by Crippen LogP contribution is 2.30. The van der Waals surface area contributed by atoms with Crippen molar-refractivity contribution in [3.63, 3.8) is 0 Å². The number of anilines is 1. The molecule has 18 heteroatoms. The zero-order valence-electron chi connectivity index (χ0n) is 41.7. The zero-order chi connectivity index (χ0) is 51.8. The van der Waals surface area contributed by atoms with E-state index in [0.29, 0.717) is 24.8 Å². The number of primary amides is 2. The van der Waals surface area contributed by atoms with Crippen LogP contribution in [0.4, 0.5) is 20.1 Å². The molecule has 378 valence electrons. The molecule has 6 N–H and O–H groups in total. The van der Waals surface area contributed by atoms with Crippen LogP contribution in [-0.2, 0) is 45.7 Å². The van der Waals surface area contributed by atoms with Crippen LogP contribution >= 0.6 is 0 Å². The third-order valence-corrected chi connectivity index (χ3v) is 11.8. The molecule has 3 aromatic carbocycles. The van der Waals surface area contributed by atoms with Crippen LogP contribution < -0.4 is 27.0 Å². The highest BCUT2D eigenvalue weighted by Gasteiger charge is 2.36. The van der Waals surface area contributed by atoms with Crippen LogP contribution in [-0.4, -0.2) is 115 Å². The van der Waals surface area contributed by atoms with Crippen molar-refractivity contribution in [1.82, 2.24) is 25.3 Å². The van der Waals surface area contributed by atoms with E-state index in [9.17, 15) is 38.4 Å². The molecule has 70 heavy (non-hydrogen) atoms. The van der Waals surface area contributed by atoms with Gasteiger partial charge in [0.15, 0.2) is 0 Å². The summed E-state index contributed by atoms with van der Waals surface area (Å²) in [5, 5.41) is 5.29. The zero-order valence-corrected chi connectivity index (χ0v) is 41.7. The van der Waals surface area contributed by atoms with Crippen molar-refractivity contribution in [3.8, 4) is 11.1 Å². The minimum Gasteiger partial charge on any atom is -0.445 e. The fourth-order valence-electron chi connectivity index (χ4n) is 8.18. The minimum atomic E-state index is -1.18. The number of nitrogens with two attached hydrogens (primary N) is 2. The monoisotopic (exact) mass is 967 g/mol. The second kappa shape index (κ2) is 25.4. The Hall–Kier alpha value is -7.24. The molecule has 18 nitrogen and oxygen atoms in total. The number of unbranched alkanes of at least 4 members (excludes halogenated alkanes) is 2. The van der Waals surface area contributed by atoms with E-state index in [1.54, 1.807) is 52.2 Å². The van der Waals surface area contributed by atoms with Gasteiger partial charge in [-0.2, -0.15) is 0 Å². The molecular formula is C52H70N8O10. The summed E-state index contributed by atoms with van der Waals surface area (Å²) < 4.78 is 11.6. The molecule has 0 fully saturated rings. The number of benzene rings is 3. The second-order valence-corrected chi connectivity index (χ2v) is 19.2. The Morgan fingerprint density at radius 1 is 0.729 bits per heavy atom. The van der Waals surface area contributed by atoms with Gasteiger partial charge in [-0.05, 0) is 79.8 Å². The summed E-state index contributed by atoms with van der Waals surface area (Å²) in [6, 6.07) is 21.4. The fourth-order valence-corrected chi connectivity index (χ4v) is 8.18. The lowest BCUT2D eigenvalue weighted by Gasteiger charge is -2.35. The number of urea groups is 1. The van der Waals surface area contributed by atoms with E-state index in [4.69, 9.17) is 20.9 Å². The Morgan fingerprint density at radius 3 is 1.89 bits per heavy atom. The molecule has 0 saturated carbocycles. The maximum Gasteiger partial charge on any atom is 0.410 e. The van der Waals surface area contributed by atoms with Crippen LogP contribution in [0, 0.1) is 11.3 Å². The molecular weight excluding hydrogens is 897 g/mol. The van der Waals surface area contributed by atoms with Crippen molar-refractivity contribution in [2.24, 2.45) is 22.8 Å². The van der Waals surface area contributed by atoms with Crippen LogP contribution in [0.15, 0.2) is 91.0 Å². The predicted octanol–water partition coefficient (Wildman–Crippen LogP) is 6.21. The standard InChI is InChI=1S/C52H70N8O10/c1-35(2)45(56-42(61)19-13-10-14-31-59-43(62)28-29-44(59)63)47(65)60(41(46(53)64)18-15-30-55-48(54)66)40-26-20-36(21-27-40)32-69-49(67)57(7)33-51(3,4)34-58(8)50(68)70-52(5,6)39-24-22-38(23-25-39)37-16-11-9-12-17-37/h9,11-12,16-17,20-29,35,41,45H,10,13-15,18-19,30-34H2,1-8H3,(H2,53,64)(H,56,61)(H3,54,55,66)/t41-,45-/m0/s1. The van der Waals surface area contributed by atoms with Crippen LogP contribution in [0.2, 0.25) is 0 Å². The van der Waals surface area contributed by atoms with Gasteiger partial charge < -0.3 is 41.4 Å². The molecule has 1 aliphatic heterocycles. The fraction of sp³-hybridized carbons (Fsp3) is 0.462. The molecule has 3 aromatic rings. The number of imide groups is 1. The Bertz CT molecular complexity index is 2320. The van der Waals surface area contributed by atoms with Gasteiger partial charge in [0.1, 0.15) is 24.3 Å². The van der Waals surface area contributed by atoms with Gasteiger partial charge in [-0.25, -0.2) is 14.4 Å². The number of nitrogens with zero attached hydrogens (tertiary/aromatic N) is 4. The Morgan fingerprint density at radius 2 is 1.31 bits per heavy atom. The van der Waals surface area contributed by atoms with Crippen molar-refractivity contribution >= 4 is 53.4 Å². The summed E-state index contributed by atoms with van der Waals surface area (Å²) in [4.78, 5) is 108. The van der Waals surface area contributed by atoms with Gasteiger partial charge in [0.05, 0.1) is 0 Å². The van der Waals surface area contributed by atoms with Crippen LogP contribution in [0.25, 0.3) is 11.1 Å². The number of rotatable bonds is 25. The van der Waals surface area contributed by atoms with Crippen molar-refractivity contribution in [2.45, 2.75) is 104 Å². The van der Waals surface area contributed by atoms with Gasteiger partial charge in [0.25, 0.3) is 17.7 Å². The Labute approximate surface area is 411 Å². The number of nitrogens with one attached hydrogen (secondary N) is 2. The first kappa shape index (κ1) is 55.4. The van der Waals surface area contributed by atoms with E-state index < -0.39 is 65.0 Å². The number of hydrogen-bond donors (Lipinski definition) is 4. The van der Waals surface area contributed by atoms with Crippen LogP contribution in [0.3, 0.4) is 0 Å². The molecule has 0 unspecified atom stereocenters. The van der Waals surface area contributed by atoms with E-state index >= 15 is 0 Å². The number of hydrogen-bond acceptors (Lipinski definition) is 10. The average molecular weight is 967 g/mol. The van der Waals surface area contributed by atoms with Crippen molar-refractivity contribution in [2.75, 3.05) is 45.2 Å². The molecule has 9 amide bonds. The van der Waals surface area contributed by atoms with Crippen LogP contribution in [0.1, 0.15) is 91.2 Å². The number of amides is 9. The molecule has 4 rings (SSSR count). The third kappa shape index (κ3) is 16.5.